The molecule has 1 heterocycles. The van der Waals surface area contributed by atoms with Crippen molar-refractivity contribution < 1.29 is 9.59 Å². The van der Waals surface area contributed by atoms with Gasteiger partial charge in [-0.25, -0.2) is 0 Å². The van der Waals surface area contributed by atoms with E-state index in [-0.39, 0.29) is 24.3 Å². The van der Waals surface area contributed by atoms with Crippen LogP contribution >= 0.6 is 0 Å². The zero-order chi connectivity index (χ0) is 15.7. The first-order chi connectivity index (χ1) is 10.1. The monoisotopic (exact) mass is 297 g/mol. The number of nitrogens with two attached hydrogens (primary N) is 1. The quantitative estimate of drug-likeness (QED) is 0.462. The fourth-order valence-corrected chi connectivity index (χ4v) is 2.53. The summed E-state index contributed by atoms with van der Waals surface area (Å²) in [5.41, 5.74) is 5.27. The Kier molecular flexibility index (Phi) is 7.56. The first-order valence-electron chi connectivity index (χ1n) is 7.57. The topological polar surface area (TPSA) is 99.8 Å². The second-order valence-electron chi connectivity index (χ2n) is 5.38. The van der Waals surface area contributed by atoms with E-state index in [0.29, 0.717) is 18.9 Å². The molecule has 2 amide bonds. The number of nitrogens with one attached hydrogen (secondary N) is 2. The van der Waals surface area contributed by atoms with Crippen LogP contribution in [-0.4, -0.2) is 55.9 Å². The van der Waals surface area contributed by atoms with Crippen LogP contribution in [0.25, 0.3) is 0 Å². The average Bonchev–Trinajstić information content (AvgIpc) is 2.45. The molecule has 1 saturated heterocycles. The highest BCUT2D eigenvalue weighted by molar-refractivity contribution is 5.86. The molecular formula is C14H27N5O2. The Morgan fingerprint density at radius 3 is 2.76 bits per heavy atom. The van der Waals surface area contributed by atoms with Gasteiger partial charge in [0, 0.05) is 33.1 Å². The van der Waals surface area contributed by atoms with Gasteiger partial charge in [0.1, 0.15) is 0 Å². The third kappa shape index (κ3) is 6.46. The minimum absolute atomic E-state index is 0.0382. The van der Waals surface area contributed by atoms with Crippen LogP contribution in [0.3, 0.4) is 0 Å². The summed E-state index contributed by atoms with van der Waals surface area (Å²) < 4.78 is 0. The lowest BCUT2D eigenvalue weighted by Gasteiger charge is -2.34. The number of primary amides is 1. The third-order valence-electron chi connectivity index (χ3n) is 3.50. The normalized spacial score (nSPS) is 19.2. The Hall–Kier alpha value is -1.79. The predicted octanol–water partition coefficient (Wildman–Crippen LogP) is -0.325. The maximum atomic E-state index is 11.6. The molecular weight excluding hydrogens is 270 g/mol. The van der Waals surface area contributed by atoms with Crippen LogP contribution in [0.1, 0.15) is 32.6 Å². The highest BCUT2D eigenvalue weighted by Crippen LogP contribution is 2.19. The van der Waals surface area contributed by atoms with Crippen LogP contribution in [0.5, 0.6) is 0 Å². The van der Waals surface area contributed by atoms with Gasteiger partial charge < -0.3 is 21.3 Å². The lowest BCUT2D eigenvalue weighted by molar-refractivity contribution is -0.120. The molecule has 120 valence electrons. The van der Waals surface area contributed by atoms with E-state index < -0.39 is 0 Å². The summed E-state index contributed by atoms with van der Waals surface area (Å²) in [6, 6.07) is 0. The minimum Gasteiger partial charge on any atom is -0.370 e. The summed E-state index contributed by atoms with van der Waals surface area (Å²) in [5.74, 6) is 0.673. The van der Waals surface area contributed by atoms with E-state index in [1.165, 1.54) is 0 Å². The van der Waals surface area contributed by atoms with E-state index in [1.54, 1.807) is 7.05 Å². The SMILES string of the molecule is CCCNC(=O)CNC(=NC)N1CCCC(CC(N)=O)C1. The second kappa shape index (κ2) is 9.20. The maximum Gasteiger partial charge on any atom is 0.239 e. The number of aliphatic imine (C=N–C) groups is 1. The molecule has 0 aromatic carbocycles. The van der Waals surface area contributed by atoms with Gasteiger partial charge in [0.05, 0.1) is 6.54 Å². The molecule has 1 aliphatic rings. The molecule has 0 aromatic heterocycles. The number of amides is 2. The highest BCUT2D eigenvalue weighted by Gasteiger charge is 2.23. The molecule has 1 unspecified atom stereocenters. The zero-order valence-electron chi connectivity index (χ0n) is 13.0. The largest absolute Gasteiger partial charge is 0.370 e. The van der Waals surface area contributed by atoms with E-state index in [1.807, 2.05) is 6.92 Å². The van der Waals surface area contributed by atoms with Crippen LogP contribution in [-0.2, 0) is 9.59 Å². The van der Waals surface area contributed by atoms with Gasteiger partial charge >= 0.3 is 0 Å². The summed E-state index contributed by atoms with van der Waals surface area (Å²) in [6.45, 7) is 4.54. The molecule has 0 aliphatic carbocycles. The van der Waals surface area contributed by atoms with E-state index in [9.17, 15) is 9.59 Å². The molecule has 1 rings (SSSR count). The van der Waals surface area contributed by atoms with Gasteiger partial charge in [-0.05, 0) is 25.2 Å². The number of hydrogen-bond donors (Lipinski definition) is 3. The molecule has 1 fully saturated rings. The van der Waals surface area contributed by atoms with Gasteiger partial charge in [0.25, 0.3) is 0 Å². The van der Waals surface area contributed by atoms with Crippen molar-refractivity contribution in [2.45, 2.75) is 32.6 Å². The molecule has 0 bridgehead atoms. The molecule has 0 saturated carbocycles. The second-order valence-corrected chi connectivity index (χ2v) is 5.38. The van der Waals surface area contributed by atoms with Crippen molar-refractivity contribution >= 4 is 17.8 Å². The van der Waals surface area contributed by atoms with Crippen molar-refractivity contribution in [3.63, 3.8) is 0 Å². The number of carbonyl (C=O) groups is 2. The van der Waals surface area contributed by atoms with E-state index in [2.05, 4.69) is 20.5 Å². The Labute approximate surface area is 126 Å². The van der Waals surface area contributed by atoms with Crippen LogP contribution in [0.15, 0.2) is 4.99 Å². The Balaban J connectivity index is 2.44. The number of rotatable bonds is 6. The highest BCUT2D eigenvalue weighted by atomic mass is 16.2. The number of carbonyl (C=O) groups excluding carboxylic acids is 2. The van der Waals surface area contributed by atoms with Gasteiger partial charge in [-0.1, -0.05) is 6.92 Å². The van der Waals surface area contributed by atoms with Gasteiger partial charge in [-0.2, -0.15) is 0 Å². The Morgan fingerprint density at radius 1 is 1.38 bits per heavy atom. The molecule has 1 atom stereocenters. The van der Waals surface area contributed by atoms with Crippen molar-refractivity contribution in [3.8, 4) is 0 Å². The first kappa shape index (κ1) is 17.3. The third-order valence-corrected chi connectivity index (χ3v) is 3.50. The van der Waals surface area contributed by atoms with Crippen LogP contribution in [0.4, 0.5) is 0 Å². The average molecular weight is 297 g/mol. The molecule has 0 spiro atoms. The summed E-state index contributed by atoms with van der Waals surface area (Å²) in [6.07, 6.45) is 3.33. The van der Waals surface area contributed by atoms with Crippen molar-refractivity contribution in [3.05, 3.63) is 0 Å². The first-order valence-corrected chi connectivity index (χ1v) is 7.57. The number of nitrogens with zero attached hydrogens (tertiary/aromatic N) is 2. The van der Waals surface area contributed by atoms with Crippen molar-refractivity contribution in [1.82, 2.24) is 15.5 Å². The van der Waals surface area contributed by atoms with Gasteiger partial charge in [-0.3, -0.25) is 14.6 Å². The minimum atomic E-state index is -0.260. The summed E-state index contributed by atoms with van der Waals surface area (Å²) in [5, 5.41) is 5.88. The fraction of sp³-hybridized carbons (Fsp3) is 0.786. The van der Waals surface area contributed by atoms with Crippen LogP contribution < -0.4 is 16.4 Å². The molecule has 4 N–H and O–H groups in total. The van der Waals surface area contributed by atoms with Gasteiger partial charge in [-0.15, -0.1) is 0 Å². The van der Waals surface area contributed by atoms with Crippen molar-refractivity contribution in [2.75, 3.05) is 33.2 Å². The fourth-order valence-electron chi connectivity index (χ4n) is 2.53. The molecule has 7 heteroatoms. The van der Waals surface area contributed by atoms with E-state index in [4.69, 9.17) is 5.73 Å². The predicted molar refractivity (Wildman–Crippen MR) is 82.8 cm³/mol. The van der Waals surface area contributed by atoms with E-state index >= 15 is 0 Å². The van der Waals surface area contributed by atoms with Crippen LogP contribution in [0, 0.1) is 5.92 Å². The molecule has 0 radical (unpaired) electrons. The van der Waals surface area contributed by atoms with E-state index in [0.717, 1.165) is 32.4 Å². The van der Waals surface area contributed by atoms with Crippen molar-refractivity contribution in [1.29, 1.82) is 0 Å². The lowest BCUT2D eigenvalue weighted by Crippen LogP contribution is -2.49. The number of hydrogen-bond acceptors (Lipinski definition) is 3. The summed E-state index contributed by atoms with van der Waals surface area (Å²) in [7, 11) is 1.70. The zero-order valence-corrected chi connectivity index (χ0v) is 13.0. The number of guanidine groups is 1. The maximum absolute atomic E-state index is 11.6. The lowest BCUT2D eigenvalue weighted by atomic mass is 9.95. The van der Waals surface area contributed by atoms with Crippen LogP contribution in [0.2, 0.25) is 0 Å². The molecule has 21 heavy (non-hydrogen) atoms. The summed E-state index contributed by atoms with van der Waals surface area (Å²) in [4.78, 5) is 28.9. The molecule has 7 nitrogen and oxygen atoms in total. The molecule has 1 aliphatic heterocycles. The molecule has 0 aromatic rings. The smallest absolute Gasteiger partial charge is 0.239 e. The standard InChI is InChI=1S/C14H27N5O2/c1-3-6-17-13(21)9-18-14(16-2)19-7-4-5-11(10-19)8-12(15)20/h11H,3-10H2,1-2H3,(H2,15,20)(H,16,18)(H,17,21). The van der Waals surface area contributed by atoms with Gasteiger partial charge in [0.15, 0.2) is 5.96 Å². The number of likely N-dealkylation sites (tertiary alicyclic amines) is 1. The Bertz CT molecular complexity index is 384. The van der Waals surface area contributed by atoms with Crippen molar-refractivity contribution in [2.24, 2.45) is 16.6 Å². The Morgan fingerprint density at radius 2 is 2.14 bits per heavy atom. The van der Waals surface area contributed by atoms with Gasteiger partial charge in [0.2, 0.25) is 11.8 Å². The summed E-state index contributed by atoms with van der Waals surface area (Å²) >= 11 is 0. The number of piperidine rings is 1.